The zero-order chi connectivity index (χ0) is 11.3. The number of anilines is 1. The summed E-state index contributed by atoms with van der Waals surface area (Å²) in [6.45, 7) is 5.32. The standard InChI is InChI=1S/C13H22N2/c1-13(2,8-5-9-14)11-6-4-7-12(10-11)15-3/h4,6-7,10,15H,5,8-9,14H2,1-3H3. The van der Waals surface area contributed by atoms with Crippen LogP contribution in [0.5, 0.6) is 0 Å². The fraction of sp³-hybridized carbons (Fsp3) is 0.538. The minimum absolute atomic E-state index is 0.215. The van der Waals surface area contributed by atoms with Crippen LogP contribution >= 0.6 is 0 Å². The topological polar surface area (TPSA) is 38.0 Å². The Labute approximate surface area is 92.9 Å². The number of nitrogens with one attached hydrogen (secondary N) is 1. The Morgan fingerprint density at radius 3 is 2.67 bits per heavy atom. The van der Waals surface area contributed by atoms with Crippen molar-refractivity contribution in [2.24, 2.45) is 5.73 Å². The fourth-order valence-corrected chi connectivity index (χ4v) is 1.78. The van der Waals surface area contributed by atoms with Crippen LogP contribution in [0.25, 0.3) is 0 Å². The van der Waals surface area contributed by atoms with Crippen molar-refractivity contribution in [3.05, 3.63) is 29.8 Å². The smallest absolute Gasteiger partial charge is 0.0340 e. The van der Waals surface area contributed by atoms with Gasteiger partial charge in [0, 0.05) is 12.7 Å². The monoisotopic (exact) mass is 206 g/mol. The average molecular weight is 206 g/mol. The molecule has 0 aliphatic heterocycles. The molecule has 0 bridgehead atoms. The number of hydrogen-bond donors (Lipinski definition) is 2. The Morgan fingerprint density at radius 1 is 1.33 bits per heavy atom. The predicted molar refractivity (Wildman–Crippen MR) is 67.3 cm³/mol. The summed E-state index contributed by atoms with van der Waals surface area (Å²) in [6.07, 6.45) is 2.22. The first-order valence-corrected chi connectivity index (χ1v) is 5.58. The maximum Gasteiger partial charge on any atom is 0.0340 e. The molecule has 1 rings (SSSR count). The predicted octanol–water partition coefficient (Wildman–Crippen LogP) is 2.74. The third kappa shape index (κ3) is 3.24. The van der Waals surface area contributed by atoms with Gasteiger partial charge in [-0.3, -0.25) is 0 Å². The molecule has 0 radical (unpaired) electrons. The molecule has 1 aromatic carbocycles. The van der Waals surface area contributed by atoms with Crippen LogP contribution in [-0.4, -0.2) is 13.6 Å². The molecular formula is C13H22N2. The molecule has 84 valence electrons. The van der Waals surface area contributed by atoms with E-state index in [9.17, 15) is 0 Å². The number of benzene rings is 1. The molecule has 0 saturated carbocycles. The molecule has 0 unspecified atom stereocenters. The van der Waals surface area contributed by atoms with Crippen molar-refractivity contribution < 1.29 is 0 Å². The van der Waals surface area contributed by atoms with E-state index >= 15 is 0 Å². The minimum atomic E-state index is 0.215. The van der Waals surface area contributed by atoms with Gasteiger partial charge in [0.15, 0.2) is 0 Å². The Bertz CT molecular complexity index is 305. The van der Waals surface area contributed by atoms with Gasteiger partial charge < -0.3 is 11.1 Å². The van der Waals surface area contributed by atoms with Crippen LogP contribution in [0.3, 0.4) is 0 Å². The van der Waals surface area contributed by atoms with Crippen LogP contribution in [0.4, 0.5) is 5.69 Å². The Morgan fingerprint density at radius 2 is 2.07 bits per heavy atom. The fourth-order valence-electron chi connectivity index (χ4n) is 1.78. The first-order chi connectivity index (χ1) is 7.10. The molecule has 0 aromatic heterocycles. The van der Waals surface area contributed by atoms with Gasteiger partial charge in [0.2, 0.25) is 0 Å². The van der Waals surface area contributed by atoms with Crippen molar-refractivity contribution in [1.82, 2.24) is 0 Å². The van der Waals surface area contributed by atoms with Crippen molar-refractivity contribution in [3.8, 4) is 0 Å². The molecule has 3 N–H and O–H groups in total. The van der Waals surface area contributed by atoms with Crippen molar-refractivity contribution in [1.29, 1.82) is 0 Å². The second kappa shape index (κ2) is 5.17. The lowest BCUT2D eigenvalue weighted by molar-refractivity contribution is 0.465. The maximum atomic E-state index is 5.56. The first kappa shape index (κ1) is 12.1. The largest absolute Gasteiger partial charge is 0.388 e. The zero-order valence-electron chi connectivity index (χ0n) is 10.0. The van der Waals surface area contributed by atoms with E-state index in [0.29, 0.717) is 0 Å². The Hall–Kier alpha value is -1.02. The highest BCUT2D eigenvalue weighted by Gasteiger charge is 2.19. The van der Waals surface area contributed by atoms with Gasteiger partial charge in [-0.1, -0.05) is 26.0 Å². The summed E-state index contributed by atoms with van der Waals surface area (Å²) in [5.74, 6) is 0. The van der Waals surface area contributed by atoms with Crippen molar-refractivity contribution in [2.75, 3.05) is 18.9 Å². The number of hydrogen-bond acceptors (Lipinski definition) is 2. The summed E-state index contributed by atoms with van der Waals surface area (Å²) in [5, 5.41) is 3.17. The van der Waals surface area contributed by atoms with E-state index in [2.05, 4.69) is 43.4 Å². The normalized spacial score (nSPS) is 11.5. The zero-order valence-corrected chi connectivity index (χ0v) is 10.0. The Balaban J connectivity index is 2.83. The molecule has 0 aliphatic carbocycles. The second-order valence-corrected chi connectivity index (χ2v) is 4.61. The molecule has 0 aliphatic rings. The van der Waals surface area contributed by atoms with E-state index < -0.39 is 0 Å². The molecule has 15 heavy (non-hydrogen) atoms. The van der Waals surface area contributed by atoms with Crippen LogP contribution in [0.2, 0.25) is 0 Å². The second-order valence-electron chi connectivity index (χ2n) is 4.61. The van der Waals surface area contributed by atoms with Crippen LogP contribution in [0.15, 0.2) is 24.3 Å². The van der Waals surface area contributed by atoms with Crippen LogP contribution in [-0.2, 0) is 5.41 Å². The lowest BCUT2D eigenvalue weighted by Gasteiger charge is -2.25. The summed E-state index contributed by atoms with van der Waals surface area (Å²) >= 11 is 0. The number of nitrogens with two attached hydrogens (primary N) is 1. The summed E-state index contributed by atoms with van der Waals surface area (Å²) in [5.41, 5.74) is 8.32. The van der Waals surface area contributed by atoms with Gasteiger partial charge in [-0.05, 0) is 42.5 Å². The van der Waals surface area contributed by atoms with E-state index in [-0.39, 0.29) is 5.41 Å². The van der Waals surface area contributed by atoms with Gasteiger partial charge in [-0.15, -0.1) is 0 Å². The molecule has 0 saturated heterocycles. The molecule has 0 fully saturated rings. The highest BCUT2D eigenvalue weighted by atomic mass is 14.8. The van der Waals surface area contributed by atoms with E-state index in [1.165, 1.54) is 11.3 Å². The Kier molecular flexibility index (Phi) is 4.15. The molecule has 0 atom stereocenters. The quantitative estimate of drug-likeness (QED) is 0.777. The highest BCUT2D eigenvalue weighted by Crippen LogP contribution is 2.29. The van der Waals surface area contributed by atoms with Crippen molar-refractivity contribution in [2.45, 2.75) is 32.1 Å². The van der Waals surface area contributed by atoms with Gasteiger partial charge in [0.05, 0.1) is 0 Å². The van der Waals surface area contributed by atoms with E-state index in [1.54, 1.807) is 0 Å². The SMILES string of the molecule is CNc1cccc(C(C)(C)CCCN)c1. The molecule has 1 aromatic rings. The third-order valence-electron chi connectivity index (χ3n) is 2.94. The summed E-state index contributed by atoms with van der Waals surface area (Å²) in [7, 11) is 1.95. The van der Waals surface area contributed by atoms with Crippen LogP contribution in [0.1, 0.15) is 32.3 Å². The highest BCUT2D eigenvalue weighted by molar-refractivity contribution is 5.46. The minimum Gasteiger partial charge on any atom is -0.388 e. The third-order valence-corrected chi connectivity index (χ3v) is 2.94. The van der Waals surface area contributed by atoms with E-state index in [0.717, 1.165) is 19.4 Å². The lowest BCUT2D eigenvalue weighted by atomic mass is 9.80. The maximum absolute atomic E-state index is 5.56. The van der Waals surface area contributed by atoms with Gasteiger partial charge in [0.1, 0.15) is 0 Å². The molecular weight excluding hydrogens is 184 g/mol. The lowest BCUT2D eigenvalue weighted by Crippen LogP contribution is -2.18. The van der Waals surface area contributed by atoms with E-state index in [4.69, 9.17) is 5.73 Å². The first-order valence-electron chi connectivity index (χ1n) is 5.58. The summed E-state index contributed by atoms with van der Waals surface area (Å²) in [4.78, 5) is 0. The van der Waals surface area contributed by atoms with Crippen LogP contribution < -0.4 is 11.1 Å². The molecule has 0 heterocycles. The van der Waals surface area contributed by atoms with E-state index in [1.807, 2.05) is 7.05 Å². The van der Waals surface area contributed by atoms with Gasteiger partial charge in [-0.25, -0.2) is 0 Å². The molecule has 2 heteroatoms. The van der Waals surface area contributed by atoms with Gasteiger partial charge in [-0.2, -0.15) is 0 Å². The molecule has 0 amide bonds. The molecule has 0 spiro atoms. The van der Waals surface area contributed by atoms with Gasteiger partial charge >= 0.3 is 0 Å². The molecule has 2 nitrogen and oxygen atoms in total. The number of rotatable bonds is 5. The summed E-state index contributed by atoms with van der Waals surface area (Å²) < 4.78 is 0. The summed E-state index contributed by atoms with van der Waals surface area (Å²) in [6, 6.07) is 8.60. The van der Waals surface area contributed by atoms with Gasteiger partial charge in [0.25, 0.3) is 0 Å². The van der Waals surface area contributed by atoms with Crippen molar-refractivity contribution >= 4 is 5.69 Å². The van der Waals surface area contributed by atoms with Crippen LogP contribution in [0, 0.1) is 0 Å². The van der Waals surface area contributed by atoms with Crippen molar-refractivity contribution in [3.63, 3.8) is 0 Å². The average Bonchev–Trinajstić information content (AvgIpc) is 2.26.